The summed E-state index contributed by atoms with van der Waals surface area (Å²) in [6.07, 6.45) is 5.09. The first-order chi connectivity index (χ1) is 20.3. The number of benzene rings is 1. The van der Waals surface area contributed by atoms with Gasteiger partial charge in [0.2, 0.25) is 11.8 Å². The normalized spacial score (nSPS) is 30.4. The summed E-state index contributed by atoms with van der Waals surface area (Å²) in [5.74, 6) is -1.76. The SMILES string of the molecule is CC[C@@H]1[C@@H]2CN(C(=O)[C@H](C(C)(C)C)CC(=O)O[C@]3(C)C[C@H]3CCCCCc3nc4ccc(OC)cc4nc3O2)[C@@H]1C(=O)O. The number of rotatable bonds is 3. The fourth-order valence-corrected chi connectivity index (χ4v) is 6.87. The third-order valence-corrected chi connectivity index (χ3v) is 9.66. The molecule has 0 radical (unpaired) electrons. The van der Waals surface area contributed by atoms with E-state index in [2.05, 4.69) is 0 Å². The lowest BCUT2D eigenvalue weighted by Gasteiger charge is -2.34. The van der Waals surface area contributed by atoms with Gasteiger partial charge in [-0.25, -0.2) is 14.8 Å². The van der Waals surface area contributed by atoms with Crippen molar-refractivity contribution >= 4 is 28.9 Å². The fraction of sp³-hybridized carbons (Fsp3) is 0.667. The van der Waals surface area contributed by atoms with Gasteiger partial charge >= 0.3 is 11.9 Å². The molecule has 0 unspecified atom stereocenters. The lowest BCUT2D eigenvalue weighted by Crippen LogP contribution is -2.48. The van der Waals surface area contributed by atoms with Crippen LogP contribution in [0.5, 0.6) is 11.6 Å². The largest absolute Gasteiger partial charge is 0.497 e. The average Bonchev–Trinajstić information content (AvgIpc) is 3.41. The summed E-state index contributed by atoms with van der Waals surface area (Å²) < 4.78 is 17.9. The molecule has 1 N–H and O–H groups in total. The topological polar surface area (TPSA) is 128 Å². The van der Waals surface area contributed by atoms with Gasteiger partial charge in [-0.1, -0.05) is 40.5 Å². The molecular formula is C33H45N3O7. The third-order valence-electron chi connectivity index (χ3n) is 9.66. The van der Waals surface area contributed by atoms with Crippen LogP contribution in [-0.4, -0.2) is 69.2 Å². The highest BCUT2D eigenvalue weighted by molar-refractivity contribution is 5.89. The van der Waals surface area contributed by atoms with Crippen LogP contribution in [-0.2, 0) is 25.5 Å². The maximum atomic E-state index is 14.2. The molecular weight excluding hydrogens is 550 g/mol. The van der Waals surface area contributed by atoms with Crippen LogP contribution >= 0.6 is 0 Å². The Labute approximate surface area is 253 Å². The van der Waals surface area contributed by atoms with Crippen LogP contribution in [0.3, 0.4) is 0 Å². The van der Waals surface area contributed by atoms with Crippen molar-refractivity contribution in [3.63, 3.8) is 0 Å². The number of aryl methyl sites for hydroxylation is 1. The summed E-state index contributed by atoms with van der Waals surface area (Å²) in [4.78, 5) is 51.2. The second kappa shape index (κ2) is 11.9. The van der Waals surface area contributed by atoms with Crippen LogP contribution in [0.2, 0.25) is 0 Å². The van der Waals surface area contributed by atoms with E-state index in [1.54, 1.807) is 13.2 Å². The Bertz CT molecular complexity index is 1390. The zero-order valence-electron chi connectivity index (χ0n) is 26.2. The van der Waals surface area contributed by atoms with Crippen molar-refractivity contribution in [1.82, 2.24) is 14.9 Å². The number of hydrogen-bond donors (Lipinski definition) is 1. The van der Waals surface area contributed by atoms with Crippen LogP contribution in [0.4, 0.5) is 0 Å². The quantitative estimate of drug-likeness (QED) is 0.476. The van der Waals surface area contributed by atoms with Gasteiger partial charge in [0.1, 0.15) is 29.2 Å². The Morgan fingerprint density at radius 1 is 1.16 bits per heavy atom. The maximum Gasteiger partial charge on any atom is 0.326 e. The van der Waals surface area contributed by atoms with Gasteiger partial charge in [0.25, 0.3) is 0 Å². The van der Waals surface area contributed by atoms with Gasteiger partial charge < -0.3 is 24.2 Å². The van der Waals surface area contributed by atoms with Crippen LogP contribution in [0, 0.1) is 23.2 Å². The number of carboxylic acids is 1. The second-order valence-corrected chi connectivity index (χ2v) is 13.7. The van der Waals surface area contributed by atoms with E-state index in [-0.39, 0.29) is 18.9 Å². The molecule has 1 aliphatic carbocycles. The number of ether oxygens (including phenoxy) is 3. The Morgan fingerprint density at radius 3 is 2.60 bits per heavy atom. The van der Waals surface area contributed by atoms with Crippen LogP contribution in [0.1, 0.15) is 85.3 Å². The lowest BCUT2D eigenvalue weighted by molar-refractivity contribution is -0.159. The minimum atomic E-state index is -1.09. The standard InChI is InChI=1S/C33H45N3O7/c1-7-21-26-18-36(28(21)31(39)40)30(38)22(32(2,3)4)16-27(37)43-33(5)17-19(33)11-9-8-10-12-24-29(42-26)35-25-15-20(41-6)13-14-23(25)34-24/h13-15,19,21-22,26,28H,7-12,16-18H2,1-6H3,(H,39,40)/t19-,21-,22-,26+,28+,33-/m1/s1. The first-order valence-corrected chi connectivity index (χ1v) is 15.6. The Hall–Kier alpha value is -3.43. The number of carbonyl (C=O) groups is 3. The van der Waals surface area contributed by atoms with E-state index in [1.807, 2.05) is 46.8 Å². The van der Waals surface area contributed by atoms with Gasteiger partial charge in [-0.15, -0.1) is 0 Å². The molecule has 1 saturated carbocycles. The zero-order valence-corrected chi connectivity index (χ0v) is 26.2. The maximum absolute atomic E-state index is 14.2. The summed E-state index contributed by atoms with van der Waals surface area (Å²) in [5, 5.41) is 10.4. The van der Waals surface area contributed by atoms with Crippen LogP contribution < -0.4 is 9.47 Å². The number of aliphatic carboxylic acids is 1. The molecule has 6 atom stereocenters. The Kier molecular flexibility index (Phi) is 8.60. The van der Waals surface area contributed by atoms with Crippen molar-refractivity contribution in [3.05, 3.63) is 23.9 Å². The van der Waals surface area contributed by atoms with Crippen molar-refractivity contribution in [2.45, 2.75) is 104 Å². The number of esters is 1. The zero-order chi connectivity index (χ0) is 31.1. The first-order valence-electron chi connectivity index (χ1n) is 15.6. The molecule has 2 aliphatic heterocycles. The number of carboxylic acid groups (broad SMARTS) is 1. The van der Waals surface area contributed by atoms with Gasteiger partial charge in [0.15, 0.2) is 0 Å². The molecule has 10 nitrogen and oxygen atoms in total. The third kappa shape index (κ3) is 6.43. The molecule has 2 fully saturated rings. The number of amides is 1. The molecule has 5 rings (SSSR count). The molecule has 2 aromatic rings. The molecule has 2 bridgehead atoms. The molecule has 43 heavy (non-hydrogen) atoms. The number of fused-ring (bicyclic) bond motifs is 5. The van der Waals surface area contributed by atoms with Gasteiger partial charge in [-0.3, -0.25) is 9.59 Å². The number of nitrogens with zero attached hydrogens (tertiary/aromatic N) is 3. The summed E-state index contributed by atoms with van der Waals surface area (Å²) in [6, 6.07) is 4.44. The number of methoxy groups -OCH3 is 1. The summed E-state index contributed by atoms with van der Waals surface area (Å²) >= 11 is 0. The fourth-order valence-electron chi connectivity index (χ4n) is 6.87. The van der Waals surface area contributed by atoms with Gasteiger partial charge in [0.05, 0.1) is 37.0 Å². The van der Waals surface area contributed by atoms with Gasteiger partial charge in [-0.2, -0.15) is 0 Å². The highest BCUT2D eigenvalue weighted by Gasteiger charge is 2.54. The highest BCUT2D eigenvalue weighted by atomic mass is 16.6. The van der Waals surface area contributed by atoms with Crippen molar-refractivity contribution in [3.8, 4) is 11.6 Å². The van der Waals surface area contributed by atoms with E-state index < -0.39 is 46.9 Å². The Balaban J connectivity index is 1.54. The first kappa shape index (κ1) is 31.0. The molecule has 1 amide bonds. The molecule has 1 aromatic heterocycles. The number of carbonyl (C=O) groups excluding carboxylic acids is 2. The van der Waals surface area contributed by atoms with Crippen molar-refractivity contribution < 1.29 is 33.7 Å². The smallest absolute Gasteiger partial charge is 0.326 e. The lowest BCUT2D eigenvalue weighted by atomic mass is 9.77. The predicted molar refractivity (Wildman–Crippen MR) is 160 cm³/mol. The van der Waals surface area contributed by atoms with Crippen molar-refractivity contribution in [1.29, 1.82) is 0 Å². The van der Waals surface area contributed by atoms with Crippen LogP contribution in [0.15, 0.2) is 18.2 Å². The molecule has 234 valence electrons. The molecule has 10 heteroatoms. The number of hydrogen-bond acceptors (Lipinski definition) is 8. The summed E-state index contributed by atoms with van der Waals surface area (Å²) in [7, 11) is 1.59. The molecule has 1 aromatic carbocycles. The van der Waals surface area contributed by atoms with E-state index in [4.69, 9.17) is 24.2 Å². The summed E-state index contributed by atoms with van der Waals surface area (Å²) in [6.45, 7) is 9.66. The minimum absolute atomic E-state index is 0.0764. The van der Waals surface area contributed by atoms with E-state index in [0.29, 0.717) is 35.9 Å². The minimum Gasteiger partial charge on any atom is -0.497 e. The van der Waals surface area contributed by atoms with Crippen molar-refractivity contribution in [2.24, 2.45) is 23.2 Å². The van der Waals surface area contributed by atoms with Crippen LogP contribution in [0.25, 0.3) is 11.0 Å². The van der Waals surface area contributed by atoms with Gasteiger partial charge in [-0.05, 0) is 56.6 Å². The highest BCUT2D eigenvalue weighted by Crippen LogP contribution is 2.50. The van der Waals surface area contributed by atoms with E-state index in [0.717, 1.165) is 43.3 Å². The number of aromatic nitrogens is 2. The van der Waals surface area contributed by atoms with E-state index in [9.17, 15) is 19.5 Å². The molecule has 3 aliphatic rings. The second-order valence-electron chi connectivity index (χ2n) is 13.7. The Morgan fingerprint density at radius 2 is 1.93 bits per heavy atom. The molecule has 3 heterocycles. The molecule has 1 saturated heterocycles. The predicted octanol–water partition coefficient (Wildman–Crippen LogP) is 5.20. The van der Waals surface area contributed by atoms with E-state index >= 15 is 0 Å². The summed E-state index contributed by atoms with van der Waals surface area (Å²) in [5.41, 5.74) is 0.972. The monoisotopic (exact) mass is 595 g/mol. The van der Waals surface area contributed by atoms with Gasteiger partial charge in [0, 0.05) is 17.9 Å². The average molecular weight is 596 g/mol. The molecule has 0 spiro atoms. The van der Waals surface area contributed by atoms with Crippen molar-refractivity contribution in [2.75, 3.05) is 13.7 Å². The van der Waals surface area contributed by atoms with E-state index in [1.165, 1.54) is 4.90 Å².